The van der Waals surface area contributed by atoms with Gasteiger partial charge in [-0.15, -0.1) is 0 Å². The van der Waals surface area contributed by atoms with Crippen molar-refractivity contribution in [3.05, 3.63) is 12.2 Å². The van der Waals surface area contributed by atoms with Gasteiger partial charge in [-0.05, 0) is 38.5 Å². The molecule has 2 N–H and O–H groups in total. The summed E-state index contributed by atoms with van der Waals surface area (Å²) in [7, 11) is 0. The molecule has 7 nitrogen and oxygen atoms in total. The van der Waals surface area contributed by atoms with Crippen molar-refractivity contribution in [1.82, 2.24) is 0 Å². The minimum absolute atomic E-state index is 0.188. The van der Waals surface area contributed by atoms with Crippen LogP contribution in [-0.4, -0.2) is 58.8 Å². The number of aliphatic carboxylic acids is 3. The highest BCUT2D eigenvalue weighted by atomic mass is 16.4. The van der Waals surface area contributed by atoms with Crippen molar-refractivity contribution >= 4 is 17.9 Å². The summed E-state index contributed by atoms with van der Waals surface area (Å²) in [6.07, 6.45) is 17.1. The van der Waals surface area contributed by atoms with E-state index in [9.17, 15) is 29.7 Å². The second-order valence-corrected chi connectivity index (χ2v) is 10.4. The Morgan fingerprint density at radius 2 is 1.08 bits per heavy atom. The summed E-state index contributed by atoms with van der Waals surface area (Å²) in [6, 6.07) is 0. The number of carbonyl (C=O) groups excluding carboxylic acids is 1. The van der Waals surface area contributed by atoms with Crippen molar-refractivity contribution in [3.63, 3.8) is 0 Å². The number of carbonyl (C=O) groups is 3. The zero-order chi connectivity index (χ0) is 27.4. The average Bonchev–Trinajstić information content (AvgIpc) is 2.84. The molecule has 0 saturated carbocycles. The molecule has 0 aromatic rings. The van der Waals surface area contributed by atoms with Crippen LogP contribution in [0.4, 0.5) is 0 Å². The van der Waals surface area contributed by atoms with E-state index in [0.717, 1.165) is 19.3 Å². The third kappa shape index (κ3) is 14.6. The summed E-state index contributed by atoms with van der Waals surface area (Å²) in [5.41, 5.74) is 0. The monoisotopic (exact) mass is 511 g/mol. The highest BCUT2D eigenvalue weighted by Gasteiger charge is 2.39. The molecule has 0 saturated heterocycles. The van der Waals surface area contributed by atoms with E-state index in [2.05, 4.69) is 19.1 Å². The van der Waals surface area contributed by atoms with Gasteiger partial charge in [-0.1, -0.05) is 78.4 Å². The van der Waals surface area contributed by atoms with E-state index in [1.165, 1.54) is 44.9 Å². The number of allylic oxidation sites excluding steroid dienone is 2. The lowest BCUT2D eigenvalue weighted by molar-refractivity contribution is -0.935. The maximum atomic E-state index is 11.9. The highest BCUT2D eigenvalue weighted by Crippen LogP contribution is 2.24. The lowest BCUT2D eigenvalue weighted by atomic mass is 9.95. The summed E-state index contributed by atoms with van der Waals surface area (Å²) in [6.45, 7) is 8.86. The molecule has 0 aliphatic rings. The van der Waals surface area contributed by atoms with Crippen LogP contribution in [0.15, 0.2) is 12.2 Å². The van der Waals surface area contributed by atoms with Gasteiger partial charge in [0.25, 0.3) is 0 Å². The number of carboxylic acids is 3. The molecule has 0 rings (SSSR count). The second kappa shape index (κ2) is 20.2. The summed E-state index contributed by atoms with van der Waals surface area (Å²) < 4.78 is 0.188. The van der Waals surface area contributed by atoms with E-state index >= 15 is 0 Å². The van der Waals surface area contributed by atoms with Crippen LogP contribution in [-0.2, 0) is 14.4 Å². The smallest absolute Gasteiger partial charge is 0.312 e. The number of rotatable bonds is 24. The van der Waals surface area contributed by atoms with Gasteiger partial charge in [-0.2, -0.15) is 0 Å². The zero-order valence-corrected chi connectivity index (χ0v) is 23.4. The minimum Gasteiger partial charge on any atom is -0.550 e. The molecule has 36 heavy (non-hydrogen) atoms. The van der Waals surface area contributed by atoms with Gasteiger partial charge in [0, 0.05) is 12.3 Å². The van der Waals surface area contributed by atoms with Crippen LogP contribution in [0.5, 0.6) is 0 Å². The SMILES string of the molecule is CCCCCCCCC/C=C/CCC[N+](CC(CC)C(=O)[O-])(CC(CC)C(=O)O)CC(CC)C(=O)O. The first kappa shape index (κ1) is 34.1. The maximum absolute atomic E-state index is 11.9. The number of nitrogens with zero attached hydrogens (tertiary/aromatic N) is 1. The molecular weight excluding hydrogens is 458 g/mol. The molecule has 0 aliphatic heterocycles. The van der Waals surface area contributed by atoms with Gasteiger partial charge in [0.15, 0.2) is 0 Å². The fraction of sp³-hybridized carbons (Fsp3) is 0.828. The number of unbranched alkanes of at least 4 members (excludes halogenated alkanes) is 8. The van der Waals surface area contributed by atoms with Crippen molar-refractivity contribution in [2.24, 2.45) is 17.8 Å². The van der Waals surface area contributed by atoms with Crippen molar-refractivity contribution in [1.29, 1.82) is 0 Å². The fourth-order valence-corrected chi connectivity index (χ4v) is 5.03. The summed E-state index contributed by atoms with van der Waals surface area (Å²) in [4.78, 5) is 35.6. The molecule has 0 heterocycles. The standard InChI is InChI=1S/C29H53NO6/c1-5-9-10-11-12-13-14-15-16-17-18-19-20-30(21-24(6-2)27(31)32,22-25(7-3)28(33)34)23-26(8-4)29(35)36/h16-17,24-26H,5-15,18-23H2,1-4H3,(H2-,31,32,33,34,35,36)/b17-16+. The quantitative estimate of drug-likeness (QED) is 0.104. The lowest BCUT2D eigenvalue weighted by Crippen LogP contribution is -2.59. The first-order valence-corrected chi connectivity index (χ1v) is 14.3. The molecule has 210 valence electrons. The molecule has 0 bridgehead atoms. The van der Waals surface area contributed by atoms with Crippen molar-refractivity contribution in [3.8, 4) is 0 Å². The Labute approximate surface area is 219 Å². The average molecular weight is 512 g/mol. The molecule has 0 radical (unpaired) electrons. The van der Waals surface area contributed by atoms with Crippen LogP contribution in [0.1, 0.15) is 111 Å². The molecule has 3 atom stereocenters. The molecule has 7 heteroatoms. The second-order valence-electron chi connectivity index (χ2n) is 10.4. The topological polar surface area (TPSA) is 115 Å². The normalized spacial score (nSPS) is 15.9. The fourth-order valence-electron chi connectivity index (χ4n) is 5.03. The largest absolute Gasteiger partial charge is 0.550 e. The van der Waals surface area contributed by atoms with Gasteiger partial charge in [0.2, 0.25) is 0 Å². The number of hydrogen-bond donors (Lipinski definition) is 2. The molecule has 0 aliphatic carbocycles. The van der Waals surface area contributed by atoms with Gasteiger partial charge in [0.1, 0.15) is 11.8 Å². The van der Waals surface area contributed by atoms with Crippen LogP contribution in [0.25, 0.3) is 0 Å². The van der Waals surface area contributed by atoms with Crippen LogP contribution in [0.3, 0.4) is 0 Å². The van der Waals surface area contributed by atoms with Gasteiger partial charge in [-0.25, -0.2) is 0 Å². The summed E-state index contributed by atoms with van der Waals surface area (Å²) in [5.74, 6) is -5.03. The van der Waals surface area contributed by atoms with E-state index in [4.69, 9.17) is 0 Å². The number of quaternary nitrogens is 1. The Hall–Kier alpha value is -1.89. The van der Waals surface area contributed by atoms with E-state index in [1.807, 2.05) is 13.8 Å². The number of carboxylic acid groups (broad SMARTS) is 3. The Bertz CT molecular complexity index is 588. The molecule has 3 unspecified atom stereocenters. The minimum atomic E-state index is -1.15. The summed E-state index contributed by atoms with van der Waals surface area (Å²) >= 11 is 0. The lowest BCUT2D eigenvalue weighted by Gasteiger charge is -2.44. The van der Waals surface area contributed by atoms with E-state index in [0.29, 0.717) is 25.8 Å². The Morgan fingerprint density at radius 3 is 1.50 bits per heavy atom. The Balaban J connectivity index is 5.33. The van der Waals surface area contributed by atoms with E-state index in [1.54, 1.807) is 6.92 Å². The highest BCUT2D eigenvalue weighted by molar-refractivity contribution is 5.70. The molecule has 0 aromatic heterocycles. The molecule has 0 fully saturated rings. The Kier molecular flexibility index (Phi) is 19.1. The van der Waals surface area contributed by atoms with Gasteiger partial charge in [0.05, 0.1) is 32.1 Å². The predicted octanol–water partition coefficient (Wildman–Crippen LogP) is 5.28. The number of hydrogen-bond acceptors (Lipinski definition) is 4. The van der Waals surface area contributed by atoms with Gasteiger partial charge >= 0.3 is 11.9 Å². The maximum Gasteiger partial charge on any atom is 0.312 e. The summed E-state index contributed by atoms with van der Waals surface area (Å²) in [5, 5.41) is 31.3. The van der Waals surface area contributed by atoms with Crippen LogP contribution >= 0.6 is 0 Å². The van der Waals surface area contributed by atoms with Gasteiger partial charge in [-0.3, -0.25) is 9.59 Å². The predicted molar refractivity (Wildman–Crippen MR) is 142 cm³/mol. The van der Waals surface area contributed by atoms with Crippen molar-refractivity contribution in [2.45, 2.75) is 111 Å². The van der Waals surface area contributed by atoms with E-state index < -0.39 is 35.7 Å². The molecule has 0 spiro atoms. The first-order chi connectivity index (χ1) is 17.2. The van der Waals surface area contributed by atoms with Crippen LogP contribution in [0, 0.1) is 17.8 Å². The zero-order valence-electron chi connectivity index (χ0n) is 23.4. The molecular formula is C29H53NO6. The Morgan fingerprint density at radius 1 is 0.667 bits per heavy atom. The van der Waals surface area contributed by atoms with Crippen molar-refractivity contribution < 1.29 is 34.2 Å². The third-order valence-electron chi connectivity index (χ3n) is 7.48. The molecule has 0 aromatic carbocycles. The van der Waals surface area contributed by atoms with Crippen LogP contribution in [0.2, 0.25) is 0 Å². The first-order valence-electron chi connectivity index (χ1n) is 14.3. The molecule has 0 amide bonds. The van der Waals surface area contributed by atoms with E-state index in [-0.39, 0.29) is 24.1 Å². The third-order valence-corrected chi connectivity index (χ3v) is 7.48. The van der Waals surface area contributed by atoms with Gasteiger partial charge < -0.3 is 24.6 Å². The van der Waals surface area contributed by atoms with Crippen LogP contribution < -0.4 is 5.11 Å². The van der Waals surface area contributed by atoms with Crippen molar-refractivity contribution in [2.75, 3.05) is 26.2 Å².